The zero-order chi connectivity index (χ0) is 16.7. The minimum Gasteiger partial charge on any atom is -0.508 e. The molecular formula is C17H17ClN2O3. The Bertz CT molecular complexity index is 644. The van der Waals surface area contributed by atoms with Crippen molar-refractivity contribution < 1.29 is 14.7 Å². The van der Waals surface area contributed by atoms with Gasteiger partial charge in [0.05, 0.1) is 0 Å². The molecule has 5 nitrogen and oxygen atoms in total. The number of aromatic hydroxyl groups is 1. The first-order valence-electron chi connectivity index (χ1n) is 7.17. The van der Waals surface area contributed by atoms with E-state index in [2.05, 4.69) is 10.6 Å². The summed E-state index contributed by atoms with van der Waals surface area (Å²) in [6, 6.07) is 12.8. The molecule has 2 rings (SSSR count). The SMILES string of the molecule is O=C(NCCCNC(=O)c1cccc(Cl)c1)c1cccc(O)c1. The van der Waals surface area contributed by atoms with Gasteiger partial charge in [0.1, 0.15) is 5.75 Å². The van der Waals surface area contributed by atoms with E-state index in [9.17, 15) is 14.7 Å². The lowest BCUT2D eigenvalue weighted by molar-refractivity contribution is 0.0951. The Morgan fingerprint density at radius 1 is 0.913 bits per heavy atom. The van der Waals surface area contributed by atoms with Gasteiger partial charge in [0, 0.05) is 29.2 Å². The fourth-order valence-electron chi connectivity index (χ4n) is 1.97. The van der Waals surface area contributed by atoms with Gasteiger partial charge in [-0.1, -0.05) is 23.7 Å². The van der Waals surface area contributed by atoms with Gasteiger partial charge < -0.3 is 15.7 Å². The molecule has 2 aromatic carbocycles. The largest absolute Gasteiger partial charge is 0.508 e. The fourth-order valence-corrected chi connectivity index (χ4v) is 2.16. The maximum Gasteiger partial charge on any atom is 0.251 e. The number of hydrogen-bond donors (Lipinski definition) is 3. The Morgan fingerprint density at radius 2 is 1.48 bits per heavy atom. The first kappa shape index (κ1) is 16.8. The number of phenols is 1. The molecule has 0 radical (unpaired) electrons. The molecule has 2 amide bonds. The smallest absolute Gasteiger partial charge is 0.251 e. The van der Waals surface area contributed by atoms with Crippen LogP contribution in [0.1, 0.15) is 27.1 Å². The average molecular weight is 333 g/mol. The number of halogens is 1. The minimum atomic E-state index is -0.262. The highest BCUT2D eigenvalue weighted by atomic mass is 35.5. The van der Waals surface area contributed by atoms with Crippen LogP contribution in [0.4, 0.5) is 0 Å². The topological polar surface area (TPSA) is 78.4 Å². The van der Waals surface area contributed by atoms with Gasteiger partial charge in [0.15, 0.2) is 0 Å². The Kier molecular flexibility index (Phi) is 6.00. The normalized spacial score (nSPS) is 10.1. The number of rotatable bonds is 6. The minimum absolute atomic E-state index is 0.0476. The van der Waals surface area contributed by atoms with Crippen molar-refractivity contribution in [3.8, 4) is 5.75 Å². The summed E-state index contributed by atoms with van der Waals surface area (Å²) in [5.74, 6) is -0.416. The third kappa shape index (κ3) is 5.30. The molecule has 0 unspecified atom stereocenters. The lowest BCUT2D eigenvalue weighted by Gasteiger charge is -2.07. The molecule has 0 aliphatic heterocycles. The lowest BCUT2D eigenvalue weighted by atomic mass is 10.2. The van der Waals surface area contributed by atoms with E-state index in [1.165, 1.54) is 12.1 Å². The summed E-state index contributed by atoms with van der Waals surface area (Å²) in [4.78, 5) is 23.7. The lowest BCUT2D eigenvalue weighted by Crippen LogP contribution is -2.29. The molecule has 0 bridgehead atoms. The second-order valence-corrected chi connectivity index (χ2v) is 5.36. The molecule has 120 valence electrons. The van der Waals surface area contributed by atoms with Crippen molar-refractivity contribution in [1.29, 1.82) is 0 Å². The molecule has 6 heteroatoms. The van der Waals surface area contributed by atoms with E-state index in [1.807, 2.05) is 0 Å². The van der Waals surface area contributed by atoms with Crippen molar-refractivity contribution >= 4 is 23.4 Å². The fraction of sp³-hybridized carbons (Fsp3) is 0.176. The van der Waals surface area contributed by atoms with E-state index in [1.54, 1.807) is 36.4 Å². The third-order valence-corrected chi connectivity index (χ3v) is 3.35. The molecule has 0 aliphatic carbocycles. The molecule has 0 spiro atoms. The second kappa shape index (κ2) is 8.19. The van der Waals surface area contributed by atoms with E-state index in [0.717, 1.165) is 0 Å². The summed E-state index contributed by atoms with van der Waals surface area (Å²) in [6.45, 7) is 0.857. The van der Waals surface area contributed by atoms with Gasteiger partial charge in [-0.15, -0.1) is 0 Å². The van der Waals surface area contributed by atoms with Gasteiger partial charge >= 0.3 is 0 Å². The van der Waals surface area contributed by atoms with Crippen LogP contribution in [0.15, 0.2) is 48.5 Å². The van der Waals surface area contributed by atoms with Gasteiger partial charge in [0.25, 0.3) is 11.8 Å². The highest BCUT2D eigenvalue weighted by molar-refractivity contribution is 6.30. The van der Waals surface area contributed by atoms with Crippen LogP contribution in [0.2, 0.25) is 5.02 Å². The summed E-state index contributed by atoms with van der Waals surface area (Å²) >= 11 is 5.83. The number of carbonyl (C=O) groups is 2. The summed E-state index contributed by atoms with van der Waals surface area (Å²) in [5, 5.41) is 15.3. The number of benzene rings is 2. The van der Waals surface area contributed by atoms with E-state index in [4.69, 9.17) is 11.6 Å². The van der Waals surface area contributed by atoms with Crippen LogP contribution >= 0.6 is 11.6 Å². The van der Waals surface area contributed by atoms with Crippen molar-refractivity contribution in [3.05, 3.63) is 64.7 Å². The van der Waals surface area contributed by atoms with Gasteiger partial charge in [-0.2, -0.15) is 0 Å². The monoisotopic (exact) mass is 332 g/mol. The molecule has 0 heterocycles. The maximum atomic E-state index is 11.9. The molecule has 0 aliphatic rings. The van der Waals surface area contributed by atoms with Crippen LogP contribution in [0, 0.1) is 0 Å². The Balaban J connectivity index is 1.69. The van der Waals surface area contributed by atoms with Crippen molar-refractivity contribution in [2.45, 2.75) is 6.42 Å². The molecule has 0 saturated carbocycles. The molecule has 0 fully saturated rings. The zero-order valence-corrected chi connectivity index (χ0v) is 13.1. The Labute approximate surface area is 139 Å². The standard InChI is InChI=1S/C17H17ClN2O3/c18-14-6-1-4-12(10-14)16(22)19-8-3-9-20-17(23)13-5-2-7-15(21)11-13/h1-2,4-7,10-11,21H,3,8-9H2,(H,19,22)(H,20,23). The molecule has 23 heavy (non-hydrogen) atoms. The second-order valence-electron chi connectivity index (χ2n) is 4.93. The van der Waals surface area contributed by atoms with Crippen LogP contribution in [0.25, 0.3) is 0 Å². The van der Waals surface area contributed by atoms with Crippen molar-refractivity contribution in [2.24, 2.45) is 0 Å². The van der Waals surface area contributed by atoms with Crippen molar-refractivity contribution in [2.75, 3.05) is 13.1 Å². The Hall–Kier alpha value is -2.53. The molecule has 0 atom stereocenters. The number of carbonyl (C=O) groups excluding carboxylic acids is 2. The maximum absolute atomic E-state index is 11.9. The molecule has 2 aromatic rings. The van der Waals surface area contributed by atoms with Crippen LogP contribution in [-0.4, -0.2) is 30.0 Å². The van der Waals surface area contributed by atoms with E-state index >= 15 is 0 Å². The quantitative estimate of drug-likeness (QED) is 0.711. The summed E-state index contributed by atoms with van der Waals surface area (Å²) < 4.78 is 0. The molecule has 0 saturated heterocycles. The zero-order valence-electron chi connectivity index (χ0n) is 12.4. The summed E-state index contributed by atoms with van der Waals surface area (Å²) in [5.41, 5.74) is 0.897. The average Bonchev–Trinajstić information content (AvgIpc) is 2.54. The van der Waals surface area contributed by atoms with Gasteiger partial charge in [-0.05, 0) is 42.8 Å². The van der Waals surface area contributed by atoms with Crippen LogP contribution in [0.3, 0.4) is 0 Å². The third-order valence-electron chi connectivity index (χ3n) is 3.12. The number of nitrogens with one attached hydrogen (secondary N) is 2. The predicted molar refractivity (Wildman–Crippen MR) is 88.8 cm³/mol. The van der Waals surface area contributed by atoms with Gasteiger partial charge in [-0.25, -0.2) is 0 Å². The predicted octanol–water partition coefficient (Wildman–Crippen LogP) is 2.60. The first-order chi connectivity index (χ1) is 11.1. The molecule has 0 aromatic heterocycles. The number of amides is 2. The van der Waals surface area contributed by atoms with Crippen LogP contribution < -0.4 is 10.6 Å². The number of hydrogen-bond acceptors (Lipinski definition) is 3. The van der Waals surface area contributed by atoms with E-state index in [0.29, 0.717) is 35.7 Å². The van der Waals surface area contributed by atoms with Crippen LogP contribution in [0.5, 0.6) is 5.75 Å². The van der Waals surface area contributed by atoms with E-state index < -0.39 is 0 Å². The summed E-state index contributed by atoms with van der Waals surface area (Å²) in [6.07, 6.45) is 0.594. The van der Waals surface area contributed by atoms with Crippen molar-refractivity contribution in [3.63, 3.8) is 0 Å². The highest BCUT2D eigenvalue weighted by Crippen LogP contribution is 2.11. The van der Waals surface area contributed by atoms with Gasteiger partial charge in [0.2, 0.25) is 0 Å². The number of phenolic OH excluding ortho intramolecular Hbond substituents is 1. The first-order valence-corrected chi connectivity index (χ1v) is 7.55. The van der Waals surface area contributed by atoms with Crippen molar-refractivity contribution in [1.82, 2.24) is 10.6 Å². The van der Waals surface area contributed by atoms with Gasteiger partial charge in [-0.3, -0.25) is 9.59 Å². The highest BCUT2D eigenvalue weighted by Gasteiger charge is 2.06. The van der Waals surface area contributed by atoms with E-state index in [-0.39, 0.29) is 17.6 Å². The van der Waals surface area contributed by atoms with Crippen LogP contribution in [-0.2, 0) is 0 Å². The molecule has 3 N–H and O–H groups in total. The summed E-state index contributed by atoms with van der Waals surface area (Å²) in [7, 11) is 0. The Morgan fingerprint density at radius 3 is 2.04 bits per heavy atom. The molecular weight excluding hydrogens is 316 g/mol.